The zero-order chi connectivity index (χ0) is 14.5. The van der Waals surface area contributed by atoms with Crippen molar-refractivity contribution in [3.05, 3.63) is 40.9 Å². The number of aliphatic hydroxyl groups is 1. The molecule has 0 unspecified atom stereocenters. The zero-order valence-electron chi connectivity index (χ0n) is 10.3. The molecule has 1 aromatic carbocycles. The number of benzene rings is 1. The summed E-state index contributed by atoms with van der Waals surface area (Å²) in [6.07, 6.45) is 3.06. The largest absolute Gasteiger partial charge is 0.394 e. The predicted octanol–water partition coefficient (Wildman–Crippen LogP) is 2.42. The van der Waals surface area contributed by atoms with E-state index in [0.29, 0.717) is 22.4 Å². The van der Waals surface area contributed by atoms with Gasteiger partial charge in [-0.15, -0.1) is 0 Å². The number of hydrogen-bond donors (Lipinski definition) is 3. The molecule has 0 bridgehead atoms. The lowest BCUT2D eigenvalue weighted by Crippen LogP contribution is -2.19. The van der Waals surface area contributed by atoms with E-state index in [-0.39, 0.29) is 6.61 Å². The Hall–Kier alpha value is -1.93. The Morgan fingerprint density at radius 3 is 2.95 bits per heavy atom. The first-order chi connectivity index (χ1) is 9.58. The number of rotatable bonds is 4. The first kappa shape index (κ1) is 14.5. The van der Waals surface area contributed by atoms with Crippen molar-refractivity contribution in [1.29, 1.82) is 0 Å². The van der Waals surface area contributed by atoms with Gasteiger partial charge in [-0.1, -0.05) is 0 Å². The number of urea groups is 1. The molecule has 2 aromatic rings. The molecule has 0 aliphatic rings. The van der Waals surface area contributed by atoms with Gasteiger partial charge in [0.1, 0.15) is 5.82 Å². The molecule has 0 spiro atoms. The second kappa shape index (κ2) is 6.49. The minimum absolute atomic E-state index is 0.0319. The molecule has 0 saturated heterocycles. The number of amides is 2. The van der Waals surface area contributed by atoms with Crippen molar-refractivity contribution in [2.45, 2.75) is 6.54 Å². The fourth-order valence-electron chi connectivity index (χ4n) is 1.53. The standard InChI is InChI=1S/C12H12BrFN4O2/c13-10-5-8(14)1-2-11(10)17-12(20)16-9-6-15-18(7-9)3-4-19/h1-2,5-7,19H,3-4H2,(H2,16,17,20). The summed E-state index contributed by atoms with van der Waals surface area (Å²) < 4.78 is 14.9. The van der Waals surface area contributed by atoms with Crippen LogP contribution in [0.3, 0.4) is 0 Å². The van der Waals surface area contributed by atoms with E-state index in [1.54, 1.807) is 6.20 Å². The van der Waals surface area contributed by atoms with E-state index in [1.165, 1.54) is 29.1 Å². The van der Waals surface area contributed by atoms with Crippen LogP contribution in [0.1, 0.15) is 0 Å². The number of carbonyl (C=O) groups is 1. The molecule has 0 saturated carbocycles. The average Bonchev–Trinajstić information content (AvgIpc) is 2.81. The number of halogens is 2. The van der Waals surface area contributed by atoms with E-state index in [2.05, 4.69) is 31.7 Å². The van der Waals surface area contributed by atoms with Crippen molar-refractivity contribution in [1.82, 2.24) is 9.78 Å². The summed E-state index contributed by atoms with van der Waals surface area (Å²) >= 11 is 3.16. The van der Waals surface area contributed by atoms with Crippen LogP contribution in [0, 0.1) is 5.82 Å². The molecular formula is C12H12BrFN4O2. The van der Waals surface area contributed by atoms with Gasteiger partial charge in [0, 0.05) is 10.7 Å². The fraction of sp³-hybridized carbons (Fsp3) is 0.167. The summed E-state index contributed by atoms with van der Waals surface area (Å²) in [5.41, 5.74) is 0.945. The van der Waals surface area contributed by atoms with E-state index >= 15 is 0 Å². The van der Waals surface area contributed by atoms with Crippen LogP contribution < -0.4 is 10.6 Å². The lowest BCUT2D eigenvalue weighted by molar-refractivity contribution is 0.262. The Bertz CT molecular complexity index is 617. The van der Waals surface area contributed by atoms with E-state index in [0.717, 1.165) is 0 Å². The summed E-state index contributed by atoms with van der Waals surface area (Å²) in [7, 11) is 0. The second-order valence-corrected chi connectivity index (χ2v) is 4.77. The van der Waals surface area contributed by atoms with Gasteiger partial charge in [0.25, 0.3) is 0 Å². The summed E-state index contributed by atoms with van der Waals surface area (Å²) in [6, 6.07) is 3.49. The van der Waals surface area contributed by atoms with Gasteiger partial charge in [0.05, 0.1) is 30.7 Å². The van der Waals surface area contributed by atoms with Crippen LogP contribution in [0.4, 0.5) is 20.6 Å². The quantitative estimate of drug-likeness (QED) is 0.798. The molecule has 1 heterocycles. The van der Waals surface area contributed by atoms with Crippen LogP contribution in [-0.4, -0.2) is 27.5 Å². The number of aliphatic hydroxyl groups excluding tert-OH is 1. The molecule has 6 nitrogen and oxygen atoms in total. The Kier molecular flexibility index (Phi) is 4.70. The van der Waals surface area contributed by atoms with Gasteiger partial charge in [-0.25, -0.2) is 9.18 Å². The Morgan fingerprint density at radius 2 is 2.25 bits per heavy atom. The zero-order valence-corrected chi connectivity index (χ0v) is 11.9. The molecule has 0 radical (unpaired) electrons. The fourth-order valence-corrected chi connectivity index (χ4v) is 1.98. The molecule has 3 N–H and O–H groups in total. The van der Waals surface area contributed by atoms with Gasteiger partial charge < -0.3 is 15.7 Å². The average molecular weight is 343 g/mol. The summed E-state index contributed by atoms with van der Waals surface area (Å²) in [5.74, 6) is -0.395. The number of anilines is 2. The first-order valence-corrected chi connectivity index (χ1v) is 6.54. The van der Waals surface area contributed by atoms with E-state index in [1.807, 2.05) is 0 Å². The minimum atomic E-state index is -0.471. The smallest absolute Gasteiger partial charge is 0.323 e. The van der Waals surface area contributed by atoms with Crippen molar-refractivity contribution in [2.24, 2.45) is 0 Å². The number of hydrogen-bond acceptors (Lipinski definition) is 3. The van der Waals surface area contributed by atoms with Crippen molar-refractivity contribution in [3.8, 4) is 0 Å². The normalized spacial score (nSPS) is 10.3. The van der Waals surface area contributed by atoms with Crippen LogP contribution in [0.15, 0.2) is 35.1 Å². The molecular weight excluding hydrogens is 331 g/mol. The highest BCUT2D eigenvalue weighted by Gasteiger charge is 2.07. The van der Waals surface area contributed by atoms with E-state index in [4.69, 9.17) is 5.11 Å². The monoisotopic (exact) mass is 342 g/mol. The van der Waals surface area contributed by atoms with Gasteiger partial charge >= 0.3 is 6.03 Å². The molecule has 0 aliphatic carbocycles. The van der Waals surface area contributed by atoms with Gasteiger partial charge in [0.15, 0.2) is 0 Å². The number of nitrogens with zero attached hydrogens (tertiary/aromatic N) is 2. The van der Waals surface area contributed by atoms with Gasteiger partial charge in [-0.3, -0.25) is 4.68 Å². The van der Waals surface area contributed by atoms with Gasteiger partial charge in [0.2, 0.25) is 0 Å². The van der Waals surface area contributed by atoms with E-state index < -0.39 is 11.8 Å². The highest BCUT2D eigenvalue weighted by Crippen LogP contribution is 2.23. The van der Waals surface area contributed by atoms with Gasteiger partial charge in [-0.05, 0) is 34.1 Å². The Morgan fingerprint density at radius 1 is 1.45 bits per heavy atom. The van der Waals surface area contributed by atoms with Crippen LogP contribution in [0.25, 0.3) is 0 Å². The van der Waals surface area contributed by atoms with Crippen LogP contribution in [0.5, 0.6) is 0 Å². The molecule has 0 fully saturated rings. The van der Waals surface area contributed by atoms with Crippen molar-refractivity contribution >= 4 is 33.3 Å². The van der Waals surface area contributed by atoms with Crippen LogP contribution >= 0.6 is 15.9 Å². The molecule has 1 aromatic heterocycles. The molecule has 2 rings (SSSR count). The maximum absolute atomic E-state index is 12.9. The number of nitrogens with one attached hydrogen (secondary N) is 2. The summed E-state index contributed by atoms with van der Waals surface area (Å²) in [4.78, 5) is 11.8. The van der Waals surface area contributed by atoms with Crippen molar-refractivity contribution in [2.75, 3.05) is 17.2 Å². The third-order valence-corrected chi connectivity index (χ3v) is 3.06. The van der Waals surface area contributed by atoms with Crippen molar-refractivity contribution in [3.63, 3.8) is 0 Å². The Labute approximate surface area is 122 Å². The topological polar surface area (TPSA) is 79.2 Å². The van der Waals surface area contributed by atoms with Crippen LogP contribution in [-0.2, 0) is 6.54 Å². The molecule has 0 atom stereocenters. The van der Waals surface area contributed by atoms with E-state index in [9.17, 15) is 9.18 Å². The van der Waals surface area contributed by atoms with Crippen molar-refractivity contribution < 1.29 is 14.3 Å². The van der Waals surface area contributed by atoms with Crippen LogP contribution in [0.2, 0.25) is 0 Å². The highest BCUT2D eigenvalue weighted by molar-refractivity contribution is 9.10. The second-order valence-electron chi connectivity index (χ2n) is 3.92. The first-order valence-electron chi connectivity index (χ1n) is 5.75. The third kappa shape index (κ3) is 3.78. The summed E-state index contributed by atoms with van der Waals surface area (Å²) in [6.45, 7) is 0.322. The van der Waals surface area contributed by atoms with Gasteiger partial charge in [-0.2, -0.15) is 5.10 Å². The molecule has 0 aliphatic heterocycles. The maximum Gasteiger partial charge on any atom is 0.323 e. The minimum Gasteiger partial charge on any atom is -0.394 e. The lowest BCUT2D eigenvalue weighted by atomic mass is 10.3. The highest BCUT2D eigenvalue weighted by atomic mass is 79.9. The number of aromatic nitrogens is 2. The molecule has 20 heavy (non-hydrogen) atoms. The molecule has 106 valence electrons. The SMILES string of the molecule is O=C(Nc1cnn(CCO)c1)Nc1ccc(F)cc1Br. The maximum atomic E-state index is 12.9. The summed E-state index contributed by atoms with van der Waals surface area (Å²) in [5, 5.41) is 17.9. The third-order valence-electron chi connectivity index (χ3n) is 2.40. The molecule has 8 heteroatoms. The number of carbonyl (C=O) groups excluding carboxylic acids is 1. The molecule has 2 amide bonds. The Balaban J connectivity index is 1.97. The lowest BCUT2D eigenvalue weighted by Gasteiger charge is -2.07. The predicted molar refractivity (Wildman–Crippen MR) is 76.1 cm³/mol.